The zero-order chi connectivity index (χ0) is 21.8. The van der Waals surface area contributed by atoms with Crippen LogP contribution in [0.1, 0.15) is 11.1 Å². The molecule has 2 aromatic rings. The predicted molar refractivity (Wildman–Crippen MR) is 143 cm³/mol. The van der Waals surface area contributed by atoms with Gasteiger partial charge < -0.3 is 24.6 Å². The molecule has 1 N–H and O–H groups in total. The van der Waals surface area contributed by atoms with Gasteiger partial charge in [-0.15, -0.1) is 24.0 Å². The lowest BCUT2D eigenvalue weighted by molar-refractivity contribution is 0.171. The maximum Gasteiger partial charge on any atom is 0.231 e. The van der Waals surface area contributed by atoms with Crippen molar-refractivity contribution < 1.29 is 9.47 Å². The third-order valence-corrected chi connectivity index (χ3v) is 6.30. The maximum absolute atomic E-state index is 5.51. The number of benzene rings is 2. The van der Waals surface area contributed by atoms with Gasteiger partial charge in [0.1, 0.15) is 0 Å². The van der Waals surface area contributed by atoms with Crippen LogP contribution in [0.2, 0.25) is 0 Å². The van der Waals surface area contributed by atoms with E-state index in [0.29, 0.717) is 6.79 Å². The molecule has 0 amide bonds. The summed E-state index contributed by atoms with van der Waals surface area (Å²) in [5.74, 6) is 2.67. The molecular formula is C25H32IN5O2. The maximum atomic E-state index is 5.51. The van der Waals surface area contributed by atoms with E-state index in [9.17, 15) is 0 Å². The molecule has 5 rings (SSSR count). The molecule has 1 saturated heterocycles. The SMILES string of the molecule is CN=C(NCc1ccc(N2CC=CC2)cc1)N1CCN(Cc2ccc3c(c2)OCO3)CC1.I. The van der Waals surface area contributed by atoms with Crippen LogP contribution in [0.25, 0.3) is 0 Å². The number of guanidine groups is 1. The van der Waals surface area contributed by atoms with Crippen LogP contribution in [0.3, 0.4) is 0 Å². The number of anilines is 1. The van der Waals surface area contributed by atoms with E-state index in [1.165, 1.54) is 16.8 Å². The van der Waals surface area contributed by atoms with E-state index in [1.54, 1.807) is 0 Å². The van der Waals surface area contributed by atoms with Gasteiger partial charge >= 0.3 is 0 Å². The van der Waals surface area contributed by atoms with Gasteiger partial charge in [0.05, 0.1) is 0 Å². The highest BCUT2D eigenvalue weighted by Crippen LogP contribution is 2.32. The quantitative estimate of drug-likeness (QED) is 0.262. The molecule has 0 aromatic heterocycles. The molecule has 0 aliphatic carbocycles. The summed E-state index contributed by atoms with van der Waals surface area (Å²) in [7, 11) is 1.87. The summed E-state index contributed by atoms with van der Waals surface area (Å²) in [6, 6.07) is 15.1. The summed E-state index contributed by atoms with van der Waals surface area (Å²) in [4.78, 5) is 11.7. The number of aliphatic imine (C=N–C) groups is 1. The molecular weight excluding hydrogens is 529 g/mol. The molecule has 3 aliphatic heterocycles. The van der Waals surface area contributed by atoms with Crippen molar-refractivity contribution in [2.75, 3.05) is 58.0 Å². The number of nitrogens with zero attached hydrogens (tertiary/aromatic N) is 4. The van der Waals surface area contributed by atoms with Gasteiger partial charge in [-0.3, -0.25) is 9.89 Å². The van der Waals surface area contributed by atoms with E-state index in [1.807, 2.05) is 13.1 Å². The summed E-state index contributed by atoms with van der Waals surface area (Å²) >= 11 is 0. The molecule has 3 aliphatic rings. The number of ether oxygens (including phenoxy) is 2. The van der Waals surface area contributed by atoms with Gasteiger partial charge in [-0.05, 0) is 35.4 Å². The van der Waals surface area contributed by atoms with Crippen LogP contribution in [-0.2, 0) is 13.1 Å². The van der Waals surface area contributed by atoms with Crippen LogP contribution >= 0.6 is 24.0 Å². The van der Waals surface area contributed by atoms with Gasteiger partial charge in [-0.25, -0.2) is 0 Å². The van der Waals surface area contributed by atoms with E-state index in [2.05, 4.69) is 73.6 Å². The monoisotopic (exact) mass is 561 g/mol. The number of hydrogen-bond acceptors (Lipinski definition) is 5. The molecule has 0 spiro atoms. The van der Waals surface area contributed by atoms with E-state index < -0.39 is 0 Å². The number of rotatable bonds is 5. The van der Waals surface area contributed by atoms with Crippen LogP contribution in [0.5, 0.6) is 11.5 Å². The summed E-state index contributed by atoms with van der Waals surface area (Å²) in [6.45, 7) is 7.98. The van der Waals surface area contributed by atoms with Crippen LogP contribution in [0, 0.1) is 0 Å². The zero-order valence-electron chi connectivity index (χ0n) is 19.1. The highest BCUT2D eigenvalue weighted by atomic mass is 127. The Morgan fingerprint density at radius 3 is 2.33 bits per heavy atom. The molecule has 0 bridgehead atoms. The molecule has 2 aromatic carbocycles. The average Bonchev–Trinajstić information content (AvgIpc) is 3.53. The highest BCUT2D eigenvalue weighted by molar-refractivity contribution is 14.0. The lowest BCUT2D eigenvalue weighted by Gasteiger charge is -2.36. The van der Waals surface area contributed by atoms with Crippen molar-refractivity contribution in [3.8, 4) is 11.5 Å². The van der Waals surface area contributed by atoms with E-state index in [0.717, 1.165) is 69.8 Å². The Morgan fingerprint density at radius 2 is 1.61 bits per heavy atom. The number of halogens is 1. The van der Waals surface area contributed by atoms with Crippen molar-refractivity contribution in [1.82, 2.24) is 15.1 Å². The van der Waals surface area contributed by atoms with Gasteiger partial charge in [-0.1, -0.05) is 30.4 Å². The number of nitrogens with one attached hydrogen (secondary N) is 1. The van der Waals surface area contributed by atoms with E-state index in [-0.39, 0.29) is 24.0 Å². The topological polar surface area (TPSA) is 52.6 Å². The Labute approximate surface area is 213 Å². The number of piperazine rings is 1. The minimum absolute atomic E-state index is 0. The predicted octanol–water partition coefficient (Wildman–Crippen LogP) is 3.30. The van der Waals surface area contributed by atoms with Crippen LogP contribution < -0.4 is 19.7 Å². The molecule has 0 unspecified atom stereocenters. The van der Waals surface area contributed by atoms with Crippen molar-refractivity contribution in [3.05, 3.63) is 65.7 Å². The van der Waals surface area contributed by atoms with Gasteiger partial charge in [0.2, 0.25) is 6.79 Å². The minimum Gasteiger partial charge on any atom is -0.454 e. The van der Waals surface area contributed by atoms with Gasteiger partial charge in [0.25, 0.3) is 0 Å². The summed E-state index contributed by atoms with van der Waals surface area (Å²) < 4.78 is 10.9. The van der Waals surface area contributed by atoms with Crippen LogP contribution in [0.15, 0.2) is 59.6 Å². The van der Waals surface area contributed by atoms with E-state index in [4.69, 9.17) is 9.47 Å². The standard InChI is InChI=1S/C25H31N5O2.HI/c1-26-25(27-17-20-4-7-22(8-5-20)29-10-2-3-11-29)30-14-12-28(13-15-30)18-21-6-9-23-24(16-21)32-19-31-23;/h2-9,16H,10-15,17-19H2,1H3,(H,26,27);1H. The van der Waals surface area contributed by atoms with Crippen molar-refractivity contribution in [2.24, 2.45) is 4.99 Å². The first-order chi connectivity index (χ1) is 15.8. The lowest BCUT2D eigenvalue weighted by Crippen LogP contribution is -2.52. The normalized spacial score (nSPS) is 17.9. The molecule has 1 fully saturated rings. The summed E-state index contributed by atoms with van der Waals surface area (Å²) in [6.07, 6.45) is 4.43. The summed E-state index contributed by atoms with van der Waals surface area (Å²) in [5, 5.41) is 3.54. The molecule has 176 valence electrons. The fourth-order valence-electron chi connectivity index (χ4n) is 4.44. The Balaban J connectivity index is 0.00000259. The molecule has 3 heterocycles. The Bertz CT molecular complexity index is 979. The highest BCUT2D eigenvalue weighted by Gasteiger charge is 2.21. The van der Waals surface area contributed by atoms with E-state index >= 15 is 0 Å². The largest absolute Gasteiger partial charge is 0.454 e. The number of fused-ring (bicyclic) bond motifs is 1. The molecule has 33 heavy (non-hydrogen) atoms. The first kappa shape index (κ1) is 23.7. The third kappa shape index (κ3) is 5.73. The minimum atomic E-state index is 0. The second-order valence-corrected chi connectivity index (χ2v) is 8.39. The van der Waals surface area contributed by atoms with Crippen molar-refractivity contribution >= 4 is 35.6 Å². The Morgan fingerprint density at radius 1 is 0.909 bits per heavy atom. The molecule has 7 nitrogen and oxygen atoms in total. The average molecular weight is 561 g/mol. The second kappa shape index (κ2) is 11.1. The van der Waals surface area contributed by atoms with Crippen LogP contribution in [-0.4, -0.2) is 68.9 Å². The molecule has 0 atom stereocenters. The molecule has 8 heteroatoms. The van der Waals surface area contributed by atoms with Gasteiger partial charge in [0, 0.05) is 65.1 Å². The van der Waals surface area contributed by atoms with Crippen LogP contribution in [0.4, 0.5) is 5.69 Å². The first-order valence-electron chi connectivity index (χ1n) is 11.3. The Hall–Kier alpha value is -2.46. The summed E-state index contributed by atoms with van der Waals surface area (Å²) in [5.41, 5.74) is 3.81. The zero-order valence-corrected chi connectivity index (χ0v) is 21.4. The second-order valence-electron chi connectivity index (χ2n) is 8.39. The fourth-order valence-corrected chi connectivity index (χ4v) is 4.44. The van der Waals surface area contributed by atoms with Gasteiger partial charge in [-0.2, -0.15) is 0 Å². The van der Waals surface area contributed by atoms with Crippen molar-refractivity contribution in [2.45, 2.75) is 13.1 Å². The Kier molecular flexibility index (Phi) is 7.97. The smallest absolute Gasteiger partial charge is 0.231 e. The first-order valence-corrected chi connectivity index (χ1v) is 11.3. The lowest BCUT2D eigenvalue weighted by atomic mass is 10.1. The molecule has 0 radical (unpaired) electrons. The fraction of sp³-hybridized carbons (Fsp3) is 0.400. The molecule has 0 saturated carbocycles. The third-order valence-electron chi connectivity index (χ3n) is 6.30. The number of hydrogen-bond donors (Lipinski definition) is 1. The van der Waals surface area contributed by atoms with Crippen molar-refractivity contribution in [3.63, 3.8) is 0 Å². The van der Waals surface area contributed by atoms with Crippen molar-refractivity contribution in [1.29, 1.82) is 0 Å². The van der Waals surface area contributed by atoms with Gasteiger partial charge in [0.15, 0.2) is 17.5 Å².